The average Bonchev–Trinajstić information content (AvgIpc) is 2.98. The number of nitrogens with one attached hydrogen (secondary N) is 1. The Morgan fingerprint density at radius 2 is 2.10 bits per heavy atom. The summed E-state index contributed by atoms with van der Waals surface area (Å²) in [6, 6.07) is 6.32. The first-order valence-corrected chi connectivity index (χ1v) is 8.02. The Kier molecular flexibility index (Phi) is 3.77. The van der Waals surface area contributed by atoms with Crippen LogP contribution in [0.3, 0.4) is 0 Å². The lowest BCUT2D eigenvalue weighted by molar-refractivity contribution is -0.116. The van der Waals surface area contributed by atoms with Crippen molar-refractivity contribution in [3.05, 3.63) is 46.7 Å². The minimum atomic E-state index is -0.258. The molecule has 1 atom stereocenters. The van der Waals surface area contributed by atoms with Crippen molar-refractivity contribution < 1.29 is 9.18 Å². The molecule has 1 aromatic carbocycles. The van der Waals surface area contributed by atoms with Gasteiger partial charge in [-0.2, -0.15) is 0 Å². The van der Waals surface area contributed by atoms with E-state index in [1.165, 1.54) is 40.1 Å². The third-order valence-corrected chi connectivity index (χ3v) is 5.03. The van der Waals surface area contributed by atoms with Gasteiger partial charge >= 0.3 is 0 Å². The molecule has 2 heterocycles. The summed E-state index contributed by atoms with van der Waals surface area (Å²) < 4.78 is 12.9. The number of thioether (sulfide) groups is 1. The van der Waals surface area contributed by atoms with E-state index in [9.17, 15) is 9.18 Å². The van der Waals surface area contributed by atoms with Crippen LogP contribution in [0, 0.1) is 11.2 Å². The van der Waals surface area contributed by atoms with E-state index in [1.807, 2.05) is 0 Å². The predicted octanol–water partition coefficient (Wildman–Crippen LogP) is 3.28. The van der Waals surface area contributed by atoms with Gasteiger partial charge in [0.25, 0.3) is 0 Å². The van der Waals surface area contributed by atoms with E-state index in [0.29, 0.717) is 11.6 Å². The Balaban J connectivity index is 1.79. The van der Waals surface area contributed by atoms with E-state index in [0.717, 1.165) is 10.4 Å². The normalized spacial score (nSPS) is 18.6. The lowest BCUT2D eigenvalue weighted by Crippen LogP contribution is -2.30. The maximum atomic E-state index is 12.9. The number of carbonyl (C=O) groups excluding carboxylic acids is 1. The molecule has 1 amide bonds. The molecule has 1 aliphatic rings. The number of thiazole rings is 1. The van der Waals surface area contributed by atoms with Crippen molar-refractivity contribution in [2.75, 3.05) is 4.90 Å². The molecule has 2 aromatic rings. The van der Waals surface area contributed by atoms with Crippen LogP contribution in [0.1, 0.15) is 17.4 Å². The Hall–Kier alpha value is -1.73. The fraction of sp³-hybridized carbons (Fsp3) is 0.214. The monoisotopic (exact) mass is 321 g/mol. The van der Waals surface area contributed by atoms with Crippen LogP contribution in [-0.4, -0.2) is 21.3 Å². The molecule has 0 aliphatic carbocycles. The van der Waals surface area contributed by atoms with Crippen molar-refractivity contribution in [2.45, 2.75) is 18.6 Å². The van der Waals surface area contributed by atoms with Crippen LogP contribution >= 0.6 is 23.1 Å². The van der Waals surface area contributed by atoms with Crippen molar-refractivity contribution in [3.8, 4) is 0 Å². The molecule has 4 nitrogen and oxygen atoms in total. The molecule has 0 bridgehead atoms. The van der Waals surface area contributed by atoms with Gasteiger partial charge in [-0.15, -0.1) is 11.3 Å². The van der Waals surface area contributed by atoms with Gasteiger partial charge in [-0.1, -0.05) is 23.9 Å². The van der Waals surface area contributed by atoms with Gasteiger partial charge in [-0.3, -0.25) is 10.2 Å². The molecular weight excluding hydrogens is 309 g/mol. The second-order valence-corrected chi connectivity index (χ2v) is 7.07. The van der Waals surface area contributed by atoms with Crippen molar-refractivity contribution in [3.63, 3.8) is 0 Å². The Bertz CT molecular complexity index is 698. The molecule has 21 heavy (non-hydrogen) atoms. The summed E-state index contributed by atoms with van der Waals surface area (Å²) >= 11 is 2.62. The minimum absolute atomic E-state index is 0.104. The zero-order valence-electron chi connectivity index (χ0n) is 11.2. The maximum absolute atomic E-state index is 12.9. The lowest BCUT2D eigenvalue weighted by Gasteiger charge is -2.10. The summed E-state index contributed by atoms with van der Waals surface area (Å²) in [5, 5.41) is 8.36. The van der Waals surface area contributed by atoms with E-state index < -0.39 is 0 Å². The Labute approximate surface area is 129 Å². The van der Waals surface area contributed by atoms with Gasteiger partial charge < -0.3 is 0 Å². The smallest absolute Gasteiger partial charge is 0.248 e. The molecule has 3 rings (SSSR count). The SMILES string of the molecule is CC1SC(=N)N(c2ncc(Cc3ccc(F)cc3)s2)C1=O. The maximum Gasteiger partial charge on any atom is 0.248 e. The molecule has 1 aliphatic heterocycles. The summed E-state index contributed by atoms with van der Waals surface area (Å²) in [4.78, 5) is 18.6. The van der Waals surface area contributed by atoms with Crippen LogP contribution < -0.4 is 4.90 Å². The van der Waals surface area contributed by atoms with Crippen LogP contribution in [0.15, 0.2) is 30.5 Å². The highest BCUT2D eigenvalue weighted by Crippen LogP contribution is 2.33. The molecule has 1 aromatic heterocycles. The number of benzene rings is 1. The van der Waals surface area contributed by atoms with Gasteiger partial charge in [0.1, 0.15) is 5.82 Å². The molecule has 0 spiro atoms. The van der Waals surface area contributed by atoms with Crippen molar-refractivity contribution >= 4 is 39.3 Å². The first-order chi connectivity index (χ1) is 10.0. The zero-order valence-corrected chi connectivity index (χ0v) is 12.8. The summed E-state index contributed by atoms with van der Waals surface area (Å²) in [6.45, 7) is 1.79. The molecule has 7 heteroatoms. The standard InChI is InChI=1S/C14H12FN3OS2/c1-8-12(19)18(13(16)20-8)14-17-7-11(21-14)6-9-2-4-10(15)5-3-9/h2-5,7-8,16H,6H2,1H3. The van der Waals surface area contributed by atoms with Crippen LogP contribution in [-0.2, 0) is 11.2 Å². The Morgan fingerprint density at radius 3 is 2.71 bits per heavy atom. The fourth-order valence-corrected chi connectivity index (χ4v) is 3.86. The van der Waals surface area contributed by atoms with Crippen LogP contribution in [0.25, 0.3) is 0 Å². The van der Waals surface area contributed by atoms with Crippen molar-refractivity contribution in [2.24, 2.45) is 0 Å². The second kappa shape index (κ2) is 5.57. The number of carbonyl (C=O) groups is 1. The highest BCUT2D eigenvalue weighted by Gasteiger charge is 2.36. The molecule has 1 saturated heterocycles. The number of anilines is 1. The van der Waals surface area contributed by atoms with Gasteiger partial charge in [0.05, 0.1) is 5.25 Å². The second-order valence-electron chi connectivity index (χ2n) is 4.65. The van der Waals surface area contributed by atoms with Crippen molar-refractivity contribution in [1.82, 2.24) is 4.98 Å². The highest BCUT2D eigenvalue weighted by molar-refractivity contribution is 8.16. The molecule has 1 fully saturated rings. The first kappa shape index (κ1) is 14.2. The number of rotatable bonds is 3. The number of aromatic nitrogens is 1. The van der Waals surface area contributed by atoms with Gasteiger partial charge in [0, 0.05) is 17.5 Å². The van der Waals surface area contributed by atoms with E-state index in [4.69, 9.17) is 5.41 Å². The van der Waals surface area contributed by atoms with E-state index >= 15 is 0 Å². The number of hydrogen-bond donors (Lipinski definition) is 1. The lowest BCUT2D eigenvalue weighted by atomic mass is 10.1. The van der Waals surface area contributed by atoms with Crippen LogP contribution in [0.5, 0.6) is 0 Å². The summed E-state index contributed by atoms with van der Waals surface area (Å²) in [5.41, 5.74) is 0.983. The third kappa shape index (κ3) is 2.84. The topological polar surface area (TPSA) is 57.1 Å². The first-order valence-electron chi connectivity index (χ1n) is 6.33. The number of nitrogens with zero attached hydrogens (tertiary/aromatic N) is 2. The molecule has 1 N–H and O–H groups in total. The van der Waals surface area contributed by atoms with Crippen LogP contribution in [0.4, 0.5) is 9.52 Å². The van der Waals surface area contributed by atoms with E-state index in [2.05, 4.69) is 4.98 Å². The summed E-state index contributed by atoms with van der Waals surface area (Å²) in [5.74, 6) is -0.362. The number of halogens is 1. The van der Waals surface area contributed by atoms with Crippen molar-refractivity contribution in [1.29, 1.82) is 5.41 Å². The van der Waals surface area contributed by atoms with Gasteiger partial charge in [0.15, 0.2) is 10.3 Å². The van der Waals surface area contributed by atoms with Crippen LogP contribution in [0.2, 0.25) is 0 Å². The largest absolute Gasteiger partial charge is 0.278 e. The third-order valence-electron chi connectivity index (χ3n) is 3.08. The molecule has 108 valence electrons. The van der Waals surface area contributed by atoms with E-state index in [-0.39, 0.29) is 22.1 Å². The predicted molar refractivity (Wildman–Crippen MR) is 83.6 cm³/mol. The van der Waals surface area contributed by atoms with Gasteiger partial charge in [0.2, 0.25) is 5.91 Å². The summed E-state index contributed by atoms with van der Waals surface area (Å²) in [7, 11) is 0. The quantitative estimate of drug-likeness (QED) is 0.944. The number of amidine groups is 1. The number of amides is 1. The Morgan fingerprint density at radius 1 is 1.38 bits per heavy atom. The van der Waals surface area contributed by atoms with E-state index in [1.54, 1.807) is 25.3 Å². The molecule has 1 unspecified atom stereocenters. The molecular formula is C14H12FN3OS2. The summed E-state index contributed by atoms with van der Waals surface area (Å²) in [6.07, 6.45) is 2.34. The van der Waals surface area contributed by atoms with Gasteiger partial charge in [-0.25, -0.2) is 14.3 Å². The fourth-order valence-electron chi connectivity index (χ4n) is 2.02. The minimum Gasteiger partial charge on any atom is -0.278 e. The zero-order chi connectivity index (χ0) is 15.0. The molecule has 0 saturated carbocycles. The van der Waals surface area contributed by atoms with Gasteiger partial charge in [-0.05, 0) is 24.6 Å². The average molecular weight is 321 g/mol. The highest BCUT2D eigenvalue weighted by atomic mass is 32.2. The number of hydrogen-bond acceptors (Lipinski definition) is 5. The molecule has 0 radical (unpaired) electrons.